The van der Waals surface area contributed by atoms with E-state index in [0.717, 1.165) is 22.2 Å². The van der Waals surface area contributed by atoms with Crippen molar-refractivity contribution in [1.82, 2.24) is 9.97 Å². The molecule has 2 aromatic heterocycles. The van der Waals surface area contributed by atoms with Crippen LogP contribution in [-0.2, 0) is 0 Å². The second kappa shape index (κ2) is 4.27. The minimum atomic E-state index is -0.496. The van der Waals surface area contributed by atoms with Crippen LogP contribution in [0.5, 0.6) is 0 Å². The summed E-state index contributed by atoms with van der Waals surface area (Å²) < 4.78 is 0. The summed E-state index contributed by atoms with van der Waals surface area (Å²) in [6.45, 7) is 0. The lowest BCUT2D eigenvalue weighted by Crippen LogP contribution is -1.90. The number of hydrogen-bond donors (Lipinski definition) is 1. The molecule has 2 heterocycles. The molecule has 0 saturated heterocycles. The molecule has 0 unspecified atom stereocenters. The van der Waals surface area contributed by atoms with Crippen LogP contribution >= 0.6 is 11.6 Å². The van der Waals surface area contributed by atoms with E-state index in [-0.39, 0.29) is 0 Å². The number of fused-ring (bicyclic) bond motifs is 1. The van der Waals surface area contributed by atoms with Crippen LogP contribution in [0.4, 0.5) is 0 Å². The van der Waals surface area contributed by atoms with E-state index in [0.29, 0.717) is 5.56 Å². The fourth-order valence-corrected chi connectivity index (χ4v) is 2.07. The molecule has 0 bridgehead atoms. The van der Waals surface area contributed by atoms with E-state index in [9.17, 15) is 4.79 Å². The average Bonchev–Trinajstić information content (AvgIpc) is 2.82. The van der Waals surface area contributed by atoms with E-state index in [2.05, 4.69) is 9.97 Å². The number of aromatic nitrogens is 2. The summed E-state index contributed by atoms with van der Waals surface area (Å²) in [5.74, 6) is 0. The van der Waals surface area contributed by atoms with Crippen molar-refractivity contribution in [3.05, 3.63) is 54.4 Å². The minimum absolute atomic E-state index is 0.404. The van der Waals surface area contributed by atoms with Gasteiger partial charge in [-0.25, -0.2) is 4.98 Å². The highest BCUT2D eigenvalue weighted by molar-refractivity contribution is 6.67. The molecule has 1 N–H and O–H groups in total. The Morgan fingerprint density at radius 2 is 2.00 bits per heavy atom. The Hall–Kier alpha value is -2.13. The zero-order chi connectivity index (χ0) is 12.5. The molecule has 0 aliphatic heterocycles. The molecule has 0 aliphatic carbocycles. The van der Waals surface area contributed by atoms with Crippen LogP contribution in [0.1, 0.15) is 10.4 Å². The van der Waals surface area contributed by atoms with Crippen molar-refractivity contribution in [3.63, 3.8) is 0 Å². The van der Waals surface area contributed by atoms with Crippen LogP contribution in [0.15, 0.2) is 48.8 Å². The van der Waals surface area contributed by atoms with Gasteiger partial charge in [-0.05, 0) is 23.2 Å². The number of carbonyl (C=O) groups is 1. The highest BCUT2D eigenvalue weighted by atomic mass is 35.5. The van der Waals surface area contributed by atoms with Crippen LogP contribution in [0.25, 0.3) is 22.2 Å². The molecule has 0 amide bonds. The van der Waals surface area contributed by atoms with Gasteiger partial charge in [-0.15, -0.1) is 0 Å². The van der Waals surface area contributed by atoms with Crippen LogP contribution in [0.2, 0.25) is 0 Å². The van der Waals surface area contributed by atoms with E-state index in [1.165, 1.54) is 6.20 Å². The number of carbonyl (C=O) groups excluding carboxylic acids is 1. The quantitative estimate of drug-likeness (QED) is 0.712. The largest absolute Gasteiger partial charge is 0.346 e. The first-order valence-corrected chi connectivity index (χ1v) is 5.86. The Bertz CT molecular complexity index is 719. The number of rotatable bonds is 2. The van der Waals surface area contributed by atoms with Gasteiger partial charge in [0, 0.05) is 23.3 Å². The maximum absolute atomic E-state index is 11.2. The zero-order valence-corrected chi connectivity index (χ0v) is 10.1. The van der Waals surface area contributed by atoms with E-state index < -0.39 is 5.24 Å². The van der Waals surface area contributed by atoms with Crippen LogP contribution in [0.3, 0.4) is 0 Å². The minimum Gasteiger partial charge on any atom is -0.346 e. The molecule has 3 rings (SSSR count). The number of halogens is 1. The Labute approximate surface area is 108 Å². The van der Waals surface area contributed by atoms with Crippen molar-refractivity contribution in [2.75, 3.05) is 0 Å². The molecule has 0 fully saturated rings. The van der Waals surface area contributed by atoms with E-state index >= 15 is 0 Å². The van der Waals surface area contributed by atoms with Gasteiger partial charge < -0.3 is 4.98 Å². The molecule has 4 heteroatoms. The van der Waals surface area contributed by atoms with Crippen molar-refractivity contribution >= 4 is 27.9 Å². The Morgan fingerprint density at radius 1 is 1.22 bits per heavy atom. The normalized spacial score (nSPS) is 10.7. The van der Waals surface area contributed by atoms with Crippen LogP contribution in [-0.4, -0.2) is 15.2 Å². The molecule has 0 radical (unpaired) electrons. The monoisotopic (exact) mass is 256 g/mol. The SMILES string of the molecule is O=C(Cl)c1cnc2[nH]cc(-c3ccccc3)c2c1. The van der Waals surface area contributed by atoms with E-state index in [4.69, 9.17) is 11.6 Å². The Morgan fingerprint density at radius 3 is 2.72 bits per heavy atom. The molecule has 0 aliphatic rings. The smallest absolute Gasteiger partial charge is 0.253 e. The summed E-state index contributed by atoms with van der Waals surface area (Å²) in [5, 5.41) is 0.400. The van der Waals surface area contributed by atoms with Gasteiger partial charge in [0.2, 0.25) is 0 Å². The van der Waals surface area contributed by atoms with Gasteiger partial charge in [0.1, 0.15) is 5.65 Å². The number of hydrogen-bond acceptors (Lipinski definition) is 2. The second-order valence-corrected chi connectivity index (χ2v) is 4.31. The maximum Gasteiger partial charge on any atom is 0.253 e. The lowest BCUT2D eigenvalue weighted by atomic mass is 10.1. The molecule has 3 nitrogen and oxygen atoms in total. The van der Waals surface area contributed by atoms with Crippen LogP contribution in [0, 0.1) is 0 Å². The summed E-state index contributed by atoms with van der Waals surface area (Å²) in [4.78, 5) is 18.4. The first kappa shape index (κ1) is 11.0. The first-order chi connectivity index (χ1) is 8.75. The summed E-state index contributed by atoms with van der Waals surface area (Å²) >= 11 is 5.48. The summed E-state index contributed by atoms with van der Waals surface area (Å²) in [6, 6.07) is 11.7. The van der Waals surface area contributed by atoms with Gasteiger partial charge in [-0.2, -0.15) is 0 Å². The van der Waals surface area contributed by atoms with Gasteiger partial charge in [0.05, 0.1) is 5.56 Å². The Kier molecular flexibility index (Phi) is 2.61. The van der Waals surface area contributed by atoms with E-state index in [1.807, 2.05) is 36.5 Å². The highest BCUT2D eigenvalue weighted by Crippen LogP contribution is 2.28. The van der Waals surface area contributed by atoms with Crippen LogP contribution < -0.4 is 0 Å². The maximum atomic E-state index is 11.2. The molecule has 0 saturated carbocycles. The highest BCUT2D eigenvalue weighted by Gasteiger charge is 2.10. The molecule has 0 spiro atoms. The van der Waals surface area contributed by atoms with Crippen molar-refractivity contribution in [2.45, 2.75) is 0 Å². The third-order valence-corrected chi connectivity index (χ3v) is 3.06. The summed E-state index contributed by atoms with van der Waals surface area (Å²) in [7, 11) is 0. The van der Waals surface area contributed by atoms with Crippen molar-refractivity contribution in [1.29, 1.82) is 0 Å². The first-order valence-electron chi connectivity index (χ1n) is 5.48. The summed E-state index contributed by atoms with van der Waals surface area (Å²) in [6.07, 6.45) is 3.36. The van der Waals surface area contributed by atoms with Crippen molar-refractivity contribution < 1.29 is 4.79 Å². The predicted octanol–water partition coefficient (Wildman–Crippen LogP) is 3.61. The molecule has 3 aromatic rings. The molecular weight excluding hydrogens is 248 g/mol. The third kappa shape index (κ3) is 1.79. The molecule has 88 valence electrons. The molecule has 18 heavy (non-hydrogen) atoms. The number of H-pyrrole nitrogens is 1. The van der Waals surface area contributed by atoms with Crippen molar-refractivity contribution in [2.24, 2.45) is 0 Å². The zero-order valence-electron chi connectivity index (χ0n) is 9.35. The number of benzene rings is 1. The number of nitrogens with one attached hydrogen (secondary N) is 1. The number of pyridine rings is 1. The number of nitrogens with zero attached hydrogens (tertiary/aromatic N) is 1. The summed E-state index contributed by atoms with van der Waals surface area (Å²) in [5.41, 5.74) is 3.24. The Balaban J connectivity index is 2.24. The van der Waals surface area contributed by atoms with Crippen molar-refractivity contribution in [3.8, 4) is 11.1 Å². The number of aromatic amines is 1. The fourth-order valence-electron chi connectivity index (χ4n) is 1.97. The molecule has 1 aromatic carbocycles. The predicted molar refractivity (Wildman–Crippen MR) is 71.7 cm³/mol. The van der Waals surface area contributed by atoms with Gasteiger partial charge in [0.25, 0.3) is 5.24 Å². The van der Waals surface area contributed by atoms with Gasteiger partial charge in [-0.3, -0.25) is 4.79 Å². The van der Waals surface area contributed by atoms with Gasteiger partial charge >= 0.3 is 0 Å². The van der Waals surface area contributed by atoms with Gasteiger partial charge in [-0.1, -0.05) is 30.3 Å². The molecule has 0 atom stereocenters. The standard InChI is InChI=1S/C14H9ClN2O/c15-13(18)10-6-11-12(8-17-14(11)16-7-10)9-4-2-1-3-5-9/h1-8H,(H,16,17). The molecular formula is C14H9ClN2O. The third-order valence-electron chi connectivity index (χ3n) is 2.84. The topological polar surface area (TPSA) is 45.8 Å². The lowest BCUT2D eigenvalue weighted by Gasteiger charge is -1.99. The average molecular weight is 257 g/mol. The fraction of sp³-hybridized carbons (Fsp3) is 0. The van der Waals surface area contributed by atoms with E-state index in [1.54, 1.807) is 6.07 Å². The lowest BCUT2D eigenvalue weighted by molar-refractivity contribution is 0.108. The van der Waals surface area contributed by atoms with Gasteiger partial charge in [0.15, 0.2) is 0 Å². The second-order valence-electron chi connectivity index (χ2n) is 3.96.